The van der Waals surface area contributed by atoms with Crippen LogP contribution < -0.4 is 19.5 Å². The van der Waals surface area contributed by atoms with Crippen LogP contribution in [0, 0.1) is 0 Å². The van der Waals surface area contributed by atoms with Crippen molar-refractivity contribution in [1.29, 1.82) is 0 Å². The molecule has 0 saturated carbocycles. The predicted octanol–water partition coefficient (Wildman–Crippen LogP) is 2.92. The molecule has 0 saturated heterocycles. The summed E-state index contributed by atoms with van der Waals surface area (Å²) < 4.78 is 20.7. The Labute approximate surface area is 174 Å². The van der Waals surface area contributed by atoms with E-state index in [9.17, 15) is 9.59 Å². The van der Waals surface area contributed by atoms with Crippen LogP contribution in [0.1, 0.15) is 15.9 Å². The van der Waals surface area contributed by atoms with Gasteiger partial charge in [0, 0.05) is 30.2 Å². The lowest BCUT2D eigenvalue weighted by atomic mass is 10.1. The van der Waals surface area contributed by atoms with Crippen molar-refractivity contribution >= 4 is 23.6 Å². The smallest absolute Gasteiger partial charge is 0.342 e. The fraction of sp³-hybridized carbons (Fsp3) is 0.333. The Kier molecular flexibility index (Phi) is 9.17. The van der Waals surface area contributed by atoms with E-state index in [0.29, 0.717) is 18.0 Å². The average Bonchev–Trinajstić information content (AvgIpc) is 2.76. The Hall–Kier alpha value is -2.87. The van der Waals surface area contributed by atoms with Gasteiger partial charge in [-0.25, -0.2) is 4.79 Å². The molecular formula is C21H25NO6S. The van der Waals surface area contributed by atoms with E-state index in [0.717, 1.165) is 11.5 Å². The van der Waals surface area contributed by atoms with Gasteiger partial charge in [0.1, 0.15) is 11.3 Å². The maximum Gasteiger partial charge on any atom is 0.342 e. The molecule has 0 aliphatic heterocycles. The fourth-order valence-corrected chi connectivity index (χ4v) is 3.29. The molecule has 0 radical (unpaired) electrons. The second-order valence-corrected chi connectivity index (χ2v) is 6.98. The van der Waals surface area contributed by atoms with Crippen LogP contribution in [0.4, 0.5) is 0 Å². The molecule has 2 rings (SSSR count). The van der Waals surface area contributed by atoms with E-state index in [4.69, 9.17) is 18.9 Å². The van der Waals surface area contributed by atoms with Gasteiger partial charge in [0.15, 0.2) is 18.1 Å². The maximum absolute atomic E-state index is 12.3. The normalized spacial score (nSPS) is 10.2. The summed E-state index contributed by atoms with van der Waals surface area (Å²) >= 11 is 1.72. The Morgan fingerprint density at radius 3 is 2.24 bits per heavy atom. The summed E-state index contributed by atoms with van der Waals surface area (Å²) in [6, 6.07) is 13.1. The van der Waals surface area contributed by atoms with Crippen molar-refractivity contribution < 1.29 is 28.5 Å². The van der Waals surface area contributed by atoms with Gasteiger partial charge in [-0.1, -0.05) is 30.3 Å². The Bertz CT molecular complexity index is 812. The van der Waals surface area contributed by atoms with Gasteiger partial charge in [0.2, 0.25) is 0 Å². The van der Waals surface area contributed by atoms with Gasteiger partial charge in [0.25, 0.3) is 5.91 Å². The van der Waals surface area contributed by atoms with Crippen molar-refractivity contribution in [3.8, 4) is 17.2 Å². The molecular weight excluding hydrogens is 394 g/mol. The number of esters is 1. The lowest BCUT2D eigenvalue weighted by Gasteiger charge is -2.13. The third-order valence-corrected chi connectivity index (χ3v) is 4.97. The van der Waals surface area contributed by atoms with Gasteiger partial charge in [-0.2, -0.15) is 11.8 Å². The summed E-state index contributed by atoms with van der Waals surface area (Å²) in [7, 11) is 4.37. The highest BCUT2D eigenvalue weighted by Crippen LogP contribution is 2.34. The largest absolute Gasteiger partial charge is 0.496 e. The summed E-state index contributed by atoms with van der Waals surface area (Å²) in [5.41, 5.74) is 1.39. The number of rotatable bonds is 11. The first kappa shape index (κ1) is 22.4. The van der Waals surface area contributed by atoms with E-state index < -0.39 is 5.97 Å². The van der Waals surface area contributed by atoms with Crippen LogP contribution in [0.3, 0.4) is 0 Å². The van der Waals surface area contributed by atoms with Crippen molar-refractivity contribution in [3.63, 3.8) is 0 Å². The molecule has 1 N–H and O–H groups in total. The fourth-order valence-electron chi connectivity index (χ4n) is 2.48. The van der Waals surface area contributed by atoms with Gasteiger partial charge < -0.3 is 24.3 Å². The van der Waals surface area contributed by atoms with Crippen LogP contribution in [0.5, 0.6) is 17.2 Å². The zero-order valence-corrected chi connectivity index (χ0v) is 17.5. The van der Waals surface area contributed by atoms with Crippen LogP contribution in [0.25, 0.3) is 0 Å². The van der Waals surface area contributed by atoms with Crippen molar-refractivity contribution in [1.82, 2.24) is 5.32 Å². The molecule has 0 aromatic heterocycles. The monoisotopic (exact) mass is 419 g/mol. The minimum atomic E-state index is -0.684. The number of carbonyl (C=O) groups excluding carboxylic acids is 2. The van der Waals surface area contributed by atoms with Crippen molar-refractivity contribution in [3.05, 3.63) is 53.6 Å². The molecule has 8 heteroatoms. The summed E-state index contributed by atoms with van der Waals surface area (Å²) in [4.78, 5) is 24.3. The molecule has 7 nitrogen and oxygen atoms in total. The zero-order valence-electron chi connectivity index (χ0n) is 16.7. The van der Waals surface area contributed by atoms with E-state index in [1.807, 2.05) is 18.2 Å². The number of ether oxygens (including phenoxy) is 4. The second-order valence-electron chi connectivity index (χ2n) is 5.87. The highest BCUT2D eigenvalue weighted by molar-refractivity contribution is 7.98. The number of thioether (sulfide) groups is 1. The van der Waals surface area contributed by atoms with Crippen LogP contribution in [0.15, 0.2) is 42.5 Å². The number of amides is 1. The lowest BCUT2D eigenvalue weighted by Crippen LogP contribution is -2.30. The molecule has 0 heterocycles. The summed E-state index contributed by atoms with van der Waals surface area (Å²) in [6.07, 6.45) is 0. The molecule has 156 valence electrons. The molecule has 0 unspecified atom stereocenters. The van der Waals surface area contributed by atoms with Gasteiger partial charge in [0.05, 0.1) is 21.3 Å². The maximum atomic E-state index is 12.3. The standard InChI is InChI=1S/C21H25NO6S/c1-25-17-12-19(27-3)18(26-2)11-16(17)21(24)28-13-20(23)22-9-10-29-14-15-7-5-4-6-8-15/h4-8,11-12H,9-10,13-14H2,1-3H3,(H,22,23). The number of benzene rings is 2. The molecule has 0 spiro atoms. The minimum Gasteiger partial charge on any atom is -0.496 e. The van der Waals surface area contributed by atoms with Crippen molar-refractivity contribution in [2.24, 2.45) is 0 Å². The summed E-state index contributed by atoms with van der Waals surface area (Å²) in [5, 5.41) is 2.73. The molecule has 0 atom stereocenters. The predicted molar refractivity (Wildman–Crippen MR) is 112 cm³/mol. The lowest BCUT2D eigenvalue weighted by molar-refractivity contribution is -0.124. The highest BCUT2D eigenvalue weighted by Gasteiger charge is 2.19. The van der Waals surface area contributed by atoms with Crippen molar-refractivity contribution in [2.45, 2.75) is 5.75 Å². The van der Waals surface area contributed by atoms with Gasteiger partial charge in [-0.15, -0.1) is 0 Å². The topological polar surface area (TPSA) is 83.1 Å². The first-order valence-corrected chi connectivity index (χ1v) is 10.1. The number of methoxy groups -OCH3 is 3. The molecule has 0 bridgehead atoms. The molecule has 2 aromatic rings. The van der Waals surface area contributed by atoms with Gasteiger partial charge in [-0.3, -0.25) is 4.79 Å². The summed E-state index contributed by atoms with van der Waals surface area (Å²) in [6.45, 7) is 0.118. The molecule has 1 amide bonds. The zero-order chi connectivity index (χ0) is 21.1. The second kappa shape index (κ2) is 11.9. The van der Waals surface area contributed by atoms with E-state index in [2.05, 4.69) is 17.4 Å². The average molecular weight is 419 g/mol. The molecule has 0 fully saturated rings. The molecule has 0 aliphatic rings. The van der Waals surface area contributed by atoms with E-state index in [1.165, 1.54) is 39.0 Å². The number of hydrogen-bond donors (Lipinski definition) is 1. The van der Waals surface area contributed by atoms with Crippen LogP contribution >= 0.6 is 11.8 Å². The van der Waals surface area contributed by atoms with Crippen molar-refractivity contribution in [2.75, 3.05) is 40.2 Å². The summed E-state index contributed by atoms with van der Waals surface area (Å²) in [5.74, 6) is 1.65. The van der Waals surface area contributed by atoms with Crippen LogP contribution in [-0.4, -0.2) is 52.1 Å². The third kappa shape index (κ3) is 6.90. The quantitative estimate of drug-likeness (QED) is 0.443. The molecule has 29 heavy (non-hydrogen) atoms. The number of carbonyl (C=O) groups is 2. The van der Waals surface area contributed by atoms with Gasteiger partial charge in [-0.05, 0) is 5.56 Å². The van der Waals surface area contributed by atoms with Gasteiger partial charge >= 0.3 is 5.97 Å². The molecule has 2 aromatic carbocycles. The third-order valence-electron chi connectivity index (χ3n) is 3.94. The Morgan fingerprint density at radius 1 is 0.931 bits per heavy atom. The SMILES string of the molecule is COc1cc(OC)c(C(=O)OCC(=O)NCCSCc2ccccc2)cc1OC. The minimum absolute atomic E-state index is 0.149. The Balaban J connectivity index is 1.77. The first-order valence-electron chi connectivity index (χ1n) is 8.94. The van der Waals surface area contributed by atoms with E-state index in [1.54, 1.807) is 11.8 Å². The van der Waals surface area contributed by atoms with Crippen LogP contribution in [0.2, 0.25) is 0 Å². The van der Waals surface area contributed by atoms with E-state index in [-0.39, 0.29) is 23.8 Å². The number of nitrogens with one attached hydrogen (secondary N) is 1. The Morgan fingerprint density at radius 2 is 1.59 bits per heavy atom. The molecule has 0 aliphatic carbocycles. The first-order chi connectivity index (χ1) is 14.1. The van der Waals surface area contributed by atoms with Crippen LogP contribution in [-0.2, 0) is 15.3 Å². The van der Waals surface area contributed by atoms with E-state index >= 15 is 0 Å². The highest BCUT2D eigenvalue weighted by atomic mass is 32.2. The number of hydrogen-bond acceptors (Lipinski definition) is 7.